The molecule has 0 aliphatic heterocycles. The number of anilines is 2. The molecule has 20 heavy (non-hydrogen) atoms. The lowest BCUT2D eigenvalue weighted by atomic mass is 10.3. The van der Waals surface area contributed by atoms with Crippen molar-refractivity contribution in [1.29, 1.82) is 0 Å². The van der Waals surface area contributed by atoms with E-state index in [9.17, 15) is 8.42 Å². The first-order valence-electron chi connectivity index (χ1n) is 5.32. The van der Waals surface area contributed by atoms with Crippen LogP contribution < -0.4 is 10.5 Å². The van der Waals surface area contributed by atoms with E-state index in [1.165, 1.54) is 24.3 Å². The quantitative estimate of drug-likeness (QED) is 0.701. The molecule has 0 unspecified atom stereocenters. The van der Waals surface area contributed by atoms with Gasteiger partial charge >= 0.3 is 0 Å². The van der Waals surface area contributed by atoms with Gasteiger partial charge in [0.1, 0.15) is 0 Å². The van der Waals surface area contributed by atoms with Crippen LogP contribution in [-0.2, 0) is 10.0 Å². The smallest absolute Gasteiger partial charge is 0.261 e. The SMILES string of the molecule is Nc1cc(Br)c(NS(=O)(=O)c2ccc(Cl)cc2)c(Br)c1. The van der Waals surface area contributed by atoms with Crippen molar-refractivity contribution in [1.82, 2.24) is 0 Å². The molecule has 0 aromatic heterocycles. The lowest BCUT2D eigenvalue weighted by molar-refractivity contribution is 0.601. The van der Waals surface area contributed by atoms with E-state index < -0.39 is 10.0 Å². The van der Waals surface area contributed by atoms with Crippen LogP contribution in [0.1, 0.15) is 0 Å². The number of halogens is 3. The fourth-order valence-electron chi connectivity index (χ4n) is 1.50. The highest BCUT2D eigenvalue weighted by molar-refractivity contribution is 9.11. The zero-order valence-corrected chi connectivity index (χ0v) is 14.6. The molecule has 0 atom stereocenters. The summed E-state index contributed by atoms with van der Waals surface area (Å²) in [7, 11) is -3.70. The molecule has 0 saturated carbocycles. The van der Waals surface area contributed by atoms with E-state index in [1.807, 2.05) is 0 Å². The molecule has 0 aliphatic rings. The number of nitrogens with one attached hydrogen (secondary N) is 1. The van der Waals surface area contributed by atoms with Gasteiger partial charge in [0.05, 0.1) is 10.6 Å². The van der Waals surface area contributed by atoms with Crippen LogP contribution in [0.2, 0.25) is 5.02 Å². The molecule has 8 heteroatoms. The fourth-order valence-corrected chi connectivity index (χ4v) is 4.41. The van der Waals surface area contributed by atoms with E-state index in [-0.39, 0.29) is 4.90 Å². The fraction of sp³-hybridized carbons (Fsp3) is 0. The molecule has 2 aromatic carbocycles. The van der Waals surface area contributed by atoms with E-state index in [0.717, 1.165) is 0 Å². The average Bonchev–Trinajstić information content (AvgIpc) is 2.34. The van der Waals surface area contributed by atoms with Crippen LogP contribution >= 0.6 is 43.5 Å². The number of rotatable bonds is 3. The van der Waals surface area contributed by atoms with Crippen LogP contribution in [0.15, 0.2) is 50.2 Å². The van der Waals surface area contributed by atoms with E-state index in [1.54, 1.807) is 12.1 Å². The van der Waals surface area contributed by atoms with E-state index in [0.29, 0.717) is 25.3 Å². The highest BCUT2D eigenvalue weighted by atomic mass is 79.9. The van der Waals surface area contributed by atoms with Crippen molar-refractivity contribution in [2.24, 2.45) is 0 Å². The second-order valence-corrected chi connectivity index (χ2v) is 7.75. The maximum Gasteiger partial charge on any atom is 0.261 e. The van der Waals surface area contributed by atoms with Crippen LogP contribution in [0.5, 0.6) is 0 Å². The molecule has 0 saturated heterocycles. The Morgan fingerprint density at radius 1 is 1.05 bits per heavy atom. The molecule has 0 bridgehead atoms. The molecule has 2 aromatic rings. The predicted molar refractivity (Wildman–Crippen MR) is 88.5 cm³/mol. The van der Waals surface area contributed by atoms with Gasteiger partial charge in [0.15, 0.2) is 0 Å². The Labute approximate surface area is 138 Å². The Kier molecular flexibility index (Phi) is 4.63. The lowest BCUT2D eigenvalue weighted by Gasteiger charge is -2.12. The molecule has 0 heterocycles. The number of sulfonamides is 1. The van der Waals surface area contributed by atoms with Crippen molar-refractivity contribution in [3.8, 4) is 0 Å². The predicted octanol–water partition coefficient (Wildman–Crippen LogP) is 4.25. The molecular formula is C12H9Br2ClN2O2S. The van der Waals surface area contributed by atoms with Crippen LogP contribution in [0.3, 0.4) is 0 Å². The highest BCUT2D eigenvalue weighted by Gasteiger charge is 2.17. The van der Waals surface area contributed by atoms with Crippen LogP contribution in [0.4, 0.5) is 11.4 Å². The molecule has 4 nitrogen and oxygen atoms in total. The lowest BCUT2D eigenvalue weighted by Crippen LogP contribution is -2.13. The van der Waals surface area contributed by atoms with Gasteiger partial charge in [-0.15, -0.1) is 0 Å². The van der Waals surface area contributed by atoms with Crippen molar-refractivity contribution < 1.29 is 8.42 Å². The van der Waals surface area contributed by atoms with Crippen LogP contribution in [-0.4, -0.2) is 8.42 Å². The van der Waals surface area contributed by atoms with Crippen LogP contribution in [0, 0.1) is 0 Å². The third kappa shape index (κ3) is 3.46. The normalized spacial score (nSPS) is 11.3. The number of nitrogen functional groups attached to an aromatic ring is 1. The third-order valence-electron chi connectivity index (χ3n) is 2.42. The Balaban J connectivity index is 2.41. The van der Waals surface area contributed by atoms with Gasteiger partial charge < -0.3 is 5.73 Å². The van der Waals surface area contributed by atoms with Crippen LogP contribution in [0.25, 0.3) is 0 Å². The first-order chi connectivity index (χ1) is 9.29. The standard InChI is InChI=1S/C12H9Br2ClN2O2S/c13-10-5-8(16)6-11(14)12(10)17-20(18,19)9-3-1-7(15)2-4-9/h1-6,17H,16H2. The number of hydrogen-bond acceptors (Lipinski definition) is 3. The van der Waals surface area contributed by atoms with E-state index >= 15 is 0 Å². The van der Waals surface area contributed by atoms with Crippen molar-refractivity contribution >= 4 is 64.9 Å². The molecule has 2 rings (SSSR count). The molecule has 0 radical (unpaired) electrons. The molecule has 0 aliphatic carbocycles. The maximum absolute atomic E-state index is 12.3. The second-order valence-electron chi connectivity index (χ2n) is 3.92. The summed E-state index contributed by atoms with van der Waals surface area (Å²) < 4.78 is 28.1. The summed E-state index contributed by atoms with van der Waals surface area (Å²) in [6.07, 6.45) is 0. The molecular weight excluding hydrogens is 431 g/mol. The van der Waals surface area contributed by atoms with E-state index in [4.69, 9.17) is 17.3 Å². The monoisotopic (exact) mass is 438 g/mol. The summed E-state index contributed by atoms with van der Waals surface area (Å²) in [6.45, 7) is 0. The van der Waals surface area contributed by atoms with Gasteiger partial charge in [0, 0.05) is 19.7 Å². The minimum absolute atomic E-state index is 0.123. The van der Waals surface area contributed by atoms with Crippen molar-refractivity contribution in [2.45, 2.75) is 4.90 Å². The van der Waals surface area contributed by atoms with Gasteiger partial charge in [-0.2, -0.15) is 0 Å². The Bertz CT molecular complexity index is 726. The summed E-state index contributed by atoms with van der Waals surface area (Å²) in [5, 5.41) is 0.471. The Morgan fingerprint density at radius 3 is 2.05 bits per heavy atom. The topological polar surface area (TPSA) is 72.2 Å². The van der Waals surface area contributed by atoms with Gasteiger partial charge in [-0.3, -0.25) is 4.72 Å². The zero-order valence-electron chi connectivity index (χ0n) is 9.90. The zero-order chi connectivity index (χ0) is 14.9. The molecule has 0 fully saturated rings. The minimum atomic E-state index is -3.70. The van der Waals surface area contributed by atoms with Crippen molar-refractivity contribution in [3.05, 3.63) is 50.4 Å². The Hall–Kier alpha value is -0.760. The number of nitrogens with two attached hydrogens (primary N) is 1. The molecule has 3 N–H and O–H groups in total. The first-order valence-corrected chi connectivity index (χ1v) is 8.77. The molecule has 106 valence electrons. The van der Waals surface area contributed by atoms with Crippen molar-refractivity contribution in [3.63, 3.8) is 0 Å². The summed E-state index contributed by atoms with van der Waals surface area (Å²) in [5.74, 6) is 0. The maximum atomic E-state index is 12.3. The van der Waals surface area contributed by atoms with Gasteiger partial charge in [-0.25, -0.2) is 8.42 Å². The largest absolute Gasteiger partial charge is 0.399 e. The van der Waals surface area contributed by atoms with Gasteiger partial charge in [0.2, 0.25) is 0 Å². The summed E-state index contributed by atoms with van der Waals surface area (Å²) in [5.41, 5.74) is 6.56. The highest BCUT2D eigenvalue weighted by Crippen LogP contribution is 2.35. The summed E-state index contributed by atoms with van der Waals surface area (Å²) >= 11 is 12.3. The minimum Gasteiger partial charge on any atom is -0.399 e. The molecule has 0 spiro atoms. The number of hydrogen-bond donors (Lipinski definition) is 2. The summed E-state index contributed by atoms with van der Waals surface area (Å²) in [4.78, 5) is 0.123. The second kappa shape index (κ2) is 5.93. The Morgan fingerprint density at radius 2 is 1.55 bits per heavy atom. The summed E-state index contributed by atoms with van der Waals surface area (Å²) in [6, 6.07) is 9.13. The third-order valence-corrected chi connectivity index (χ3v) is 5.29. The van der Waals surface area contributed by atoms with Gasteiger partial charge in [-0.1, -0.05) is 11.6 Å². The van der Waals surface area contributed by atoms with E-state index in [2.05, 4.69) is 36.6 Å². The average molecular weight is 441 g/mol. The molecule has 0 amide bonds. The van der Waals surface area contributed by atoms with Gasteiger partial charge in [-0.05, 0) is 68.3 Å². The number of benzene rings is 2. The first kappa shape index (κ1) is 15.6. The van der Waals surface area contributed by atoms with Crippen molar-refractivity contribution in [2.75, 3.05) is 10.5 Å². The van der Waals surface area contributed by atoms with Gasteiger partial charge in [0.25, 0.3) is 10.0 Å².